The van der Waals surface area contributed by atoms with Crippen molar-refractivity contribution in [1.29, 1.82) is 0 Å². The number of allylic oxidation sites excluding steroid dienone is 3. The van der Waals surface area contributed by atoms with Crippen molar-refractivity contribution in [1.82, 2.24) is 9.13 Å². The zero-order chi connectivity index (χ0) is 26.3. The fraction of sp³-hybridized carbons (Fsp3) is 0.0811. The van der Waals surface area contributed by atoms with E-state index in [1.807, 2.05) is 0 Å². The van der Waals surface area contributed by atoms with Crippen molar-refractivity contribution in [2.24, 2.45) is 0 Å². The predicted molar refractivity (Wildman–Crippen MR) is 165 cm³/mol. The SMILES string of the molecule is C1=CC(n2c3ccccc3c3ccccc32)=CC2(C1)COc1c(-n3c4ccccc4c4ccccc43)cccc12. The smallest absolute Gasteiger partial charge is 0.147 e. The van der Waals surface area contributed by atoms with Crippen LogP contribution < -0.4 is 4.74 Å². The Labute approximate surface area is 231 Å². The third-order valence-electron chi connectivity index (χ3n) is 8.86. The summed E-state index contributed by atoms with van der Waals surface area (Å²) in [5.74, 6) is 0.988. The first-order valence-corrected chi connectivity index (χ1v) is 14.0. The Hall–Kier alpha value is -5.02. The van der Waals surface area contributed by atoms with Crippen LogP contribution >= 0.6 is 0 Å². The van der Waals surface area contributed by atoms with Gasteiger partial charge in [0.25, 0.3) is 0 Å². The number of hydrogen-bond acceptors (Lipinski definition) is 1. The molecule has 0 saturated carbocycles. The van der Waals surface area contributed by atoms with Crippen molar-refractivity contribution in [3.8, 4) is 11.4 Å². The fourth-order valence-electron chi connectivity index (χ4n) is 7.11. The standard InChI is InChI=1S/C37H26N2O/c1-5-17-31-26(12-1)27-13-2-6-18-32(27)38(31)25-11-10-22-37(23-25)24-40-36-30(37)16-9-21-35(36)39-33-19-7-3-14-28(33)29-15-4-8-20-34(29)39/h1-21,23H,22,24H2. The van der Waals surface area contributed by atoms with E-state index in [0.717, 1.165) is 17.9 Å². The average Bonchev–Trinajstić information content (AvgIpc) is 3.66. The van der Waals surface area contributed by atoms with Gasteiger partial charge in [-0.25, -0.2) is 0 Å². The molecule has 1 aliphatic carbocycles. The number of nitrogens with zero attached hydrogens (tertiary/aromatic N) is 2. The number of fused-ring (bicyclic) bond motifs is 8. The Balaban J connectivity index is 1.27. The van der Waals surface area contributed by atoms with Crippen molar-refractivity contribution in [2.75, 3.05) is 6.61 Å². The molecule has 1 unspecified atom stereocenters. The zero-order valence-corrected chi connectivity index (χ0v) is 21.9. The topological polar surface area (TPSA) is 19.1 Å². The second-order valence-electron chi connectivity index (χ2n) is 11.0. The summed E-state index contributed by atoms with van der Waals surface area (Å²) in [6, 6.07) is 41.4. The third-order valence-corrected chi connectivity index (χ3v) is 8.86. The van der Waals surface area contributed by atoms with Gasteiger partial charge in [-0.3, -0.25) is 0 Å². The van der Waals surface area contributed by atoms with Gasteiger partial charge >= 0.3 is 0 Å². The van der Waals surface area contributed by atoms with E-state index in [2.05, 4.69) is 143 Å². The second-order valence-corrected chi connectivity index (χ2v) is 11.0. The van der Waals surface area contributed by atoms with Gasteiger partial charge in [0.2, 0.25) is 0 Å². The van der Waals surface area contributed by atoms with Gasteiger partial charge in [-0.2, -0.15) is 0 Å². The maximum Gasteiger partial charge on any atom is 0.147 e. The highest BCUT2D eigenvalue weighted by atomic mass is 16.5. The van der Waals surface area contributed by atoms with Crippen LogP contribution in [-0.2, 0) is 5.41 Å². The molecule has 0 fully saturated rings. The van der Waals surface area contributed by atoms with Gasteiger partial charge in [0, 0.05) is 32.8 Å². The molecule has 0 amide bonds. The average molecular weight is 515 g/mol. The number of rotatable bonds is 2. The molecule has 3 heterocycles. The molecule has 9 rings (SSSR count). The molecule has 3 heteroatoms. The van der Waals surface area contributed by atoms with Crippen molar-refractivity contribution >= 4 is 49.3 Å². The van der Waals surface area contributed by atoms with Gasteiger partial charge < -0.3 is 13.9 Å². The Kier molecular flexibility index (Phi) is 4.37. The molecule has 1 spiro atoms. The van der Waals surface area contributed by atoms with Gasteiger partial charge in [0.15, 0.2) is 0 Å². The van der Waals surface area contributed by atoms with Crippen molar-refractivity contribution in [2.45, 2.75) is 11.8 Å². The van der Waals surface area contributed by atoms with E-state index in [1.165, 1.54) is 54.9 Å². The van der Waals surface area contributed by atoms with Gasteiger partial charge in [-0.05, 0) is 48.9 Å². The van der Waals surface area contributed by atoms with Crippen LogP contribution in [0, 0.1) is 0 Å². The second kappa shape index (κ2) is 8.00. The Morgan fingerprint density at radius 2 is 1.07 bits per heavy atom. The molecule has 1 aliphatic heterocycles. The molecule has 40 heavy (non-hydrogen) atoms. The lowest BCUT2D eigenvalue weighted by Gasteiger charge is -2.28. The van der Waals surface area contributed by atoms with Crippen molar-refractivity contribution in [3.63, 3.8) is 0 Å². The molecular formula is C37H26N2O. The lowest BCUT2D eigenvalue weighted by atomic mass is 9.76. The molecule has 5 aromatic carbocycles. The van der Waals surface area contributed by atoms with E-state index >= 15 is 0 Å². The molecule has 0 saturated heterocycles. The molecule has 1 atom stereocenters. The van der Waals surface area contributed by atoms with Gasteiger partial charge in [-0.1, -0.05) is 91.0 Å². The van der Waals surface area contributed by atoms with Gasteiger partial charge in [0.1, 0.15) is 12.4 Å². The maximum absolute atomic E-state index is 6.68. The summed E-state index contributed by atoms with van der Waals surface area (Å²) in [7, 11) is 0. The Morgan fingerprint density at radius 3 is 1.65 bits per heavy atom. The summed E-state index contributed by atoms with van der Waals surface area (Å²) in [6.07, 6.45) is 7.97. The van der Waals surface area contributed by atoms with Crippen LogP contribution in [0.25, 0.3) is 55.0 Å². The van der Waals surface area contributed by atoms with E-state index in [9.17, 15) is 0 Å². The molecule has 0 radical (unpaired) electrons. The fourth-order valence-corrected chi connectivity index (χ4v) is 7.11. The van der Waals surface area contributed by atoms with Crippen LogP contribution in [-0.4, -0.2) is 15.7 Å². The minimum Gasteiger partial charge on any atom is -0.490 e. The van der Waals surface area contributed by atoms with E-state index in [1.54, 1.807) is 0 Å². The monoisotopic (exact) mass is 514 g/mol. The molecule has 0 bridgehead atoms. The van der Waals surface area contributed by atoms with E-state index < -0.39 is 0 Å². The van der Waals surface area contributed by atoms with Crippen LogP contribution in [0.3, 0.4) is 0 Å². The van der Waals surface area contributed by atoms with E-state index in [-0.39, 0.29) is 5.41 Å². The molecule has 7 aromatic rings. The summed E-state index contributed by atoms with van der Waals surface area (Å²) in [5, 5.41) is 5.09. The summed E-state index contributed by atoms with van der Waals surface area (Å²) in [4.78, 5) is 0. The largest absolute Gasteiger partial charge is 0.490 e. The third kappa shape index (κ3) is 2.84. The predicted octanol–water partition coefficient (Wildman–Crippen LogP) is 9.02. The van der Waals surface area contributed by atoms with Gasteiger partial charge in [-0.15, -0.1) is 0 Å². The zero-order valence-electron chi connectivity index (χ0n) is 21.9. The first-order valence-electron chi connectivity index (χ1n) is 14.0. The minimum atomic E-state index is -0.222. The Morgan fingerprint density at radius 1 is 0.550 bits per heavy atom. The molecular weight excluding hydrogens is 488 g/mol. The summed E-state index contributed by atoms with van der Waals surface area (Å²) in [5.41, 5.74) is 8.20. The van der Waals surface area contributed by atoms with E-state index in [0.29, 0.717) is 6.61 Å². The van der Waals surface area contributed by atoms with Gasteiger partial charge in [0.05, 0.1) is 33.2 Å². The number of ether oxygens (including phenoxy) is 1. The molecule has 3 nitrogen and oxygen atoms in total. The highest BCUT2D eigenvalue weighted by Gasteiger charge is 2.41. The van der Waals surface area contributed by atoms with Crippen LogP contribution in [0.15, 0.2) is 133 Å². The molecule has 0 N–H and O–H groups in total. The maximum atomic E-state index is 6.68. The van der Waals surface area contributed by atoms with Crippen LogP contribution in [0.1, 0.15) is 12.0 Å². The number of benzene rings is 5. The molecule has 2 aliphatic rings. The first kappa shape index (κ1) is 21.9. The lowest BCUT2D eigenvalue weighted by Crippen LogP contribution is -2.27. The van der Waals surface area contributed by atoms with Crippen molar-refractivity contribution in [3.05, 3.63) is 139 Å². The normalized spacial score (nSPS) is 18.1. The minimum absolute atomic E-state index is 0.222. The highest BCUT2D eigenvalue weighted by molar-refractivity contribution is 6.11. The lowest BCUT2D eigenvalue weighted by molar-refractivity contribution is 0.296. The number of hydrogen-bond donors (Lipinski definition) is 0. The Bertz CT molecular complexity index is 2100. The van der Waals surface area contributed by atoms with E-state index in [4.69, 9.17) is 4.74 Å². The number of aromatic nitrogens is 2. The summed E-state index contributed by atoms with van der Waals surface area (Å²) >= 11 is 0. The van der Waals surface area contributed by atoms with Crippen LogP contribution in [0.5, 0.6) is 5.75 Å². The summed E-state index contributed by atoms with van der Waals surface area (Å²) in [6.45, 7) is 0.626. The molecule has 190 valence electrons. The summed E-state index contributed by atoms with van der Waals surface area (Å²) < 4.78 is 11.5. The van der Waals surface area contributed by atoms with Crippen LogP contribution in [0.4, 0.5) is 0 Å². The quantitative estimate of drug-likeness (QED) is 0.225. The first-order chi connectivity index (χ1) is 19.8. The van der Waals surface area contributed by atoms with Crippen molar-refractivity contribution < 1.29 is 4.74 Å². The number of para-hydroxylation sites is 5. The highest BCUT2D eigenvalue weighted by Crippen LogP contribution is 2.49. The molecule has 2 aromatic heterocycles. The van der Waals surface area contributed by atoms with Crippen LogP contribution in [0.2, 0.25) is 0 Å².